The highest BCUT2D eigenvalue weighted by Gasteiger charge is 2.32. The van der Waals surface area contributed by atoms with Crippen molar-refractivity contribution in [1.82, 2.24) is 14.8 Å². The minimum absolute atomic E-state index is 0.0449. The number of rotatable bonds is 15. The average Bonchev–Trinajstić information content (AvgIpc) is 4.30. The maximum atomic E-state index is 12.1. The largest absolute Gasteiger partial charge is 0.507 e. The van der Waals surface area contributed by atoms with Gasteiger partial charge in [0.1, 0.15) is 17.5 Å². The molecule has 428 valence electrons. The van der Waals surface area contributed by atoms with E-state index in [2.05, 4.69) is 5.32 Å². The zero-order valence-electron chi connectivity index (χ0n) is 45.9. The third-order valence-electron chi connectivity index (χ3n) is 13.6. The summed E-state index contributed by atoms with van der Waals surface area (Å²) in [6.45, 7) is 9.95. The number of amides is 1. The van der Waals surface area contributed by atoms with Gasteiger partial charge in [-0.3, -0.25) is 19.2 Å². The zero-order valence-corrected chi connectivity index (χ0v) is 49.0. The number of aromatic hydroxyl groups is 1. The number of benzene rings is 4. The van der Waals surface area contributed by atoms with Gasteiger partial charge in [0.15, 0.2) is 0 Å². The van der Waals surface area contributed by atoms with Gasteiger partial charge in [0.2, 0.25) is 5.91 Å². The average molecular weight is 1180 g/mol. The number of fused-ring (bicyclic) bond motifs is 1. The molecule has 18 heteroatoms. The fourth-order valence-corrected chi connectivity index (χ4v) is 10.3. The minimum atomic E-state index is -0.449. The Bertz CT molecular complexity index is 3070. The quantitative estimate of drug-likeness (QED) is 0.0510. The number of Topliss-reactive ketones (excluding diaryl/α,β-unsaturated/α-hetero) is 1. The molecule has 1 unspecified atom stereocenters. The number of hydrogen-bond acceptors (Lipinski definition) is 12. The molecule has 0 bridgehead atoms. The molecule has 4 aliphatic rings. The van der Waals surface area contributed by atoms with Crippen LogP contribution < -0.4 is 16.6 Å². The van der Waals surface area contributed by atoms with Crippen molar-refractivity contribution >= 4 is 76.0 Å². The summed E-state index contributed by atoms with van der Waals surface area (Å²) < 4.78 is 16.6. The summed E-state index contributed by atoms with van der Waals surface area (Å²) in [5.74, 6) is -1.22. The summed E-state index contributed by atoms with van der Waals surface area (Å²) in [5, 5.41) is 15.9. The van der Waals surface area contributed by atoms with Gasteiger partial charge in [0.05, 0.1) is 44.1 Å². The summed E-state index contributed by atoms with van der Waals surface area (Å²) in [7, 11) is 0. The molecule has 0 aliphatic heterocycles. The number of ether oxygens (including phenoxy) is 3. The van der Waals surface area contributed by atoms with Crippen LogP contribution in [0.4, 0.5) is 0 Å². The number of nitrogens with zero attached hydrogens (tertiary/aromatic N) is 2. The number of allylic oxidation sites excluding steroid dienone is 2. The molecule has 1 fully saturated rings. The monoisotopic (exact) mass is 1170 g/mol. The Balaban J connectivity index is 0.000000190. The summed E-state index contributed by atoms with van der Waals surface area (Å²) in [6, 6.07) is 31.5. The summed E-state index contributed by atoms with van der Waals surface area (Å²) in [5.41, 5.74) is 14.0. The predicted molar refractivity (Wildman–Crippen MR) is 314 cm³/mol. The van der Waals surface area contributed by atoms with Crippen LogP contribution in [-0.4, -0.2) is 64.0 Å². The number of esters is 3. The Morgan fingerprint density at radius 1 is 0.637 bits per heavy atom. The highest BCUT2D eigenvalue weighted by atomic mass is 35.5. The van der Waals surface area contributed by atoms with Crippen molar-refractivity contribution in [2.24, 2.45) is 11.7 Å². The second kappa shape index (κ2) is 33.4. The maximum Gasteiger partial charge on any atom is 0.335 e. The lowest BCUT2D eigenvalue weighted by Crippen LogP contribution is -2.29. The van der Waals surface area contributed by atoms with Gasteiger partial charge in [-0.1, -0.05) is 119 Å². The van der Waals surface area contributed by atoms with Gasteiger partial charge in [0, 0.05) is 75.2 Å². The van der Waals surface area contributed by atoms with Crippen LogP contribution in [-0.2, 0) is 77.2 Å². The first-order chi connectivity index (χ1) is 38.5. The van der Waals surface area contributed by atoms with Crippen LogP contribution in [0.5, 0.6) is 5.75 Å². The Hall–Kier alpha value is -6.42. The summed E-state index contributed by atoms with van der Waals surface area (Å²) >= 11 is 24.2. The number of ketones is 1. The molecule has 0 radical (unpaired) electrons. The zero-order chi connectivity index (χ0) is 58.1. The van der Waals surface area contributed by atoms with Crippen molar-refractivity contribution in [1.29, 1.82) is 0 Å². The fraction of sp³-hybridized carbons (Fsp3) is 0.387. The van der Waals surface area contributed by atoms with E-state index in [1.165, 1.54) is 13.0 Å². The van der Waals surface area contributed by atoms with Crippen molar-refractivity contribution in [3.63, 3.8) is 0 Å². The predicted octanol–water partition coefficient (Wildman–Crippen LogP) is 12.6. The molecule has 14 nitrogen and oxygen atoms in total. The highest BCUT2D eigenvalue weighted by Crippen LogP contribution is 2.33. The smallest absolute Gasteiger partial charge is 0.335 e. The first-order valence-corrected chi connectivity index (χ1v) is 28.6. The number of aromatic nitrogens is 1. The van der Waals surface area contributed by atoms with Gasteiger partial charge in [0.25, 0.3) is 5.56 Å². The van der Waals surface area contributed by atoms with E-state index in [4.69, 9.17) is 66.3 Å². The number of carbonyl (C=O) groups excluding carboxylic acids is 5. The Morgan fingerprint density at radius 3 is 1.68 bits per heavy atom. The molecule has 1 amide bonds. The molecule has 80 heavy (non-hydrogen) atoms. The topological polar surface area (TPSA) is 197 Å². The van der Waals surface area contributed by atoms with E-state index in [1.807, 2.05) is 97.9 Å². The van der Waals surface area contributed by atoms with Gasteiger partial charge >= 0.3 is 17.9 Å². The molecule has 0 spiro atoms. The van der Waals surface area contributed by atoms with Crippen LogP contribution in [0.3, 0.4) is 0 Å². The molecule has 0 saturated heterocycles. The number of carbonyl (C=O) groups is 5. The van der Waals surface area contributed by atoms with Gasteiger partial charge in [-0.25, -0.2) is 9.59 Å². The third kappa shape index (κ3) is 18.8. The second-order valence-corrected chi connectivity index (χ2v) is 20.6. The molecular formula is C62H72Cl4N4O10. The SMILES string of the molecule is CCOC(=O)C1=C(N(Cc2ccccc2Cl)C(C)=O)CCC1.CCOC(=O)C1=C(NCc2ccccc2Cl)CCC1.CCOC(=O)C1CCCC1=O.NCc1ccccc1Cl.O=c1cc(O)c2c(n1Cc1ccccc1Cl)CCC2. The van der Waals surface area contributed by atoms with Gasteiger partial charge in [-0.2, -0.15) is 0 Å². The van der Waals surface area contributed by atoms with Crippen LogP contribution in [0.1, 0.15) is 125 Å². The molecule has 1 atom stereocenters. The van der Waals surface area contributed by atoms with Crippen LogP contribution in [0, 0.1) is 5.92 Å². The molecule has 1 aromatic heterocycles. The van der Waals surface area contributed by atoms with E-state index >= 15 is 0 Å². The molecule has 1 saturated carbocycles. The van der Waals surface area contributed by atoms with Crippen molar-refractivity contribution in [3.8, 4) is 5.75 Å². The highest BCUT2D eigenvalue weighted by molar-refractivity contribution is 6.32. The number of halogens is 4. The Kier molecular flexibility index (Phi) is 26.9. The van der Waals surface area contributed by atoms with Crippen molar-refractivity contribution in [3.05, 3.63) is 190 Å². The third-order valence-corrected chi connectivity index (χ3v) is 15.1. The van der Waals surface area contributed by atoms with Gasteiger partial charge in [-0.15, -0.1) is 0 Å². The number of pyridine rings is 1. The van der Waals surface area contributed by atoms with Crippen LogP contribution >= 0.6 is 46.4 Å². The second-order valence-electron chi connectivity index (χ2n) is 19.0. The normalized spacial score (nSPS) is 14.9. The van der Waals surface area contributed by atoms with Crippen molar-refractivity contribution in [2.75, 3.05) is 19.8 Å². The lowest BCUT2D eigenvalue weighted by atomic mass is 10.1. The first kappa shape index (κ1) is 64.4. The van der Waals surface area contributed by atoms with E-state index < -0.39 is 5.92 Å². The maximum absolute atomic E-state index is 12.1. The van der Waals surface area contributed by atoms with E-state index in [0.29, 0.717) is 87.3 Å². The summed E-state index contributed by atoms with van der Waals surface area (Å²) in [6.07, 6.45) is 9.63. The van der Waals surface area contributed by atoms with Crippen LogP contribution in [0.15, 0.2) is 130 Å². The molecule has 4 aromatic carbocycles. The van der Waals surface area contributed by atoms with E-state index in [9.17, 15) is 33.9 Å². The summed E-state index contributed by atoms with van der Waals surface area (Å²) in [4.78, 5) is 71.6. The van der Waals surface area contributed by atoms with E-state index in [0.717, 1.165) is 112 Å². The van der Waals surface area contributed by atoms with Gasteiger partial charge < -0.3 is 39.8 Å². The van der Waals surface area contributed by atoms with E-state index in [1.54, 1.807) is 29.4 Å². The molecular weight excluding hydrogens is 1100 g/mol. The number of nitrogens with one attached hydrogen (secondary N) is 1. The Morgan fingerprint density at radius 2 is 1.15 bits per heavy atom. The van der Waals surface area contributed by atoms with Crippen LogP contribution in [0.2, 0.25) is 20.1 Å². The molecule has 5 aromatic rings. The van der Waals surface area contributed by atoms with Crippen LogP contribution in [0.25, 0.3) is 0 Å². The number of nitrogens with two attached hydrogens (primary N) is 1. The fourth-order valence-electron chi connectivity index (χ4n) is 9.54. The molecule has 4 aliphatic carbocycles. The van der Waals surface area contributed by atoms with Gasteiger partial charge in [-0.05, 0) is 138 Å². The Labute approximate surface area is 489 Å². The van der Waals surface area contributed by atoms with E-state index in [-0.39, 0.29) is 40.9 Å². The van der Waals surface area contributed by atoms with Crippen molar-refractivity contribution < 1.29 is 43.3 Å². The molecule has 9 rings (SSSR count). The molecule has 1 heterocycles. The van der Waals surface area contributed by atoms with Crippen molar-refractivity contribution in [2.45, 2.75) is 131 Å². The lowest BCUT2D eigenvalue weighted by Gasteiger charge is -2.24. The standard InChI is InChI=1S/C17H20ClNO3.C15H14ClNO2.C15H18ClNO2.C8H12O3.C7H8ClN/c1-3-22-17(21)14-8-6-10-16(14)19(12(2)20)11-13-7-4-5-9-15(13)18;16-12-6-2-1-4-10(12)9-17-13-7-3-5-11(13)14(18)8-15(17)19;1-2-19-15(18)12-7-5-9-14(12)17-10-11-6-3-4-8-13(11)16;1-2-11-8(10)6-4-3-5-7(6)9;8-7-4-2-1-3-6(7)5-9/h4-5,7,9H,3,6,8,10-11H2,1-2H3;1-2,4,6,8,18H,3,5,7,9H2;3-4,6,8,17H,2,5,7,9-10H2,1H3;6H,2-5H2,1H3;1-4H,5,9H2. The minimum Gasteiger partial charge on any atom is -0.507 e. The number of hydrogen-bond donors (Lipinski definition) is 3. The lowest BCUT2D eigenvalue weighted by molar-refractivity contribution is -0.150. The molecule has 4 N–H and O–H groups in total. The first-order valence-electron chi connectivity index (χ1n) is 27.1.